The van der Waals surface area contributed by atoms with E-state index in [1.54, 1.807) is 16.7 Å². The van der Waals surface area contributed by atoms with Gasteiger partial charge in [0.15, 0.2) is 0 Å². The van der Waals surface area contributed by atoms with Crippen molar-refractivity contribution in [3.63, 3.8) is 0 Å². The Morgan fingerprint density at radius 1 is 1.27 bits per heavy atom. The second-order valence-electron chi connectivity index (χ2n) is 10.4. The lowest BCUT2D eigenvalue weighted by Crippen LogP contribution is -2.52. The highest BCUT2D eigenvalue weighted by Crippen LogP contribution is 2.40. The Labute approximate surface area is 198 Å². The smallest absolute Gasteiger partial charge is 0.274 e. The molecule has 182 valence electrons. The average molecular weight is 456 g/mol. The third-order valence-corrected chi connectivity index (χ3v) is 8.20. The number of amides is 2. The number of carbonyl (C=O) groups excluding carboxylic acids is 2. The lowest BCUT2D eigenvalue weighted by Gasteiger charge is -2.40. The normalized spacial score (nSPS) is 19.8. The number of hydrogen-bond acceptors (Lipinski definition) is 4. The summed E-state index contributed by atoms with van der Waals surface area (Å²) in [6.45, 7) is 18.5. The van der Waals surface area contributed by atoms with Crippen LogP contribution in [0.5, 0.6) is 0 Å². The first kappa shape index (κ1) is 25.2. The quantitative estimate of drug-likeness (QED) is 0.634. The average Bonchev–Trinajstić information content (AvgIpc) is 3.25. The standard InChI is InChI=1S/C26H41N5O2/c1-8-18(3)26(6,7)20(5)17(2)14-28-24(32)22-10-9-11-23-29-21(16-31(22)23)25(33)30-13-12-27-15-19(30)4/h9-11,16-20,27H,8,12-15H2,1-7H3,(H,28,32)/t17-,18+,19?,20-/m0/s1. The van der Waals surface area contributed by atoms with Crippen LogP contribution in [-0.4, -0.2) is 58.3 Å². The third-order valence-electron chi connectivity index (χ3n) is 8.20. The van der Waals surface area contributed by atoms with Gasteiger partial charge in [-0.15, -0.1) is 0 Å². The summed E-state index contributed by atoms with van der Waals surface area (Å²) in [4.78, 5) is 32.5. The van der Waals surface area contributed by atoms with Gasteiger partial charge >= 0.3 is 0 Å². The van der Waals surface area contributed by atoms with Crippen LogP contribution < -0.4 is 10.6 Å². The minimum atomic E-state index is -0.145. The van der Waals surface area contributed by atoms with Gasteiger partial charge in [0.1, 0.15) is 17.0 Å². The van der Waals surface area contributed by atoms with E-state index in [9.17, 15) is 9.59 Å². The summed E-state index contributed by atoms with van der Waals surface area (Å²) in [6, 6.07) is 5.54. The Morgan fingerprint density at radius 3 is 2.67 bits per heavy atom. The molecule has 2 amide bonds. The van der Waals surface area contributed by atoms with Gasteiger partial charge in [-0.2, -0.15) is 0 Å². The van der Waals surface area contributed by atoms with Crippen LogP contribution in [0.15, 0.2) is 24.4 Å². The van der Waals surface area contributed by atoms with Gasteiger partial charge in [-0.25, -0.2) is 4.98 Å². The zero-order chi connectivity index (χ0) is 24.3. The molecule has 3 rings (SSSR count). The van der Waals surface area contributed by atoms with Crippen LogP contribution in [0.1, 0.15) is 75.9 Å². The lowest BCUT2D eigenvalue weighted by molar-refractivity contribution is 0.0650. The maximum Gasteiger partial charge on any atom is 0.274 e. The zero-order valence-corrected chi connectivity index (χ0v) is 21.3. The predicted molar refractivity (Wildman–Crippen MR) is 132 cm³/mol. The Morgan fingerprint density at radius 2 is 2.00 bits per heavy atom. The minimum Gasteiger partial charge on any atom is -0.350 e. The van der Waals surface area contributed by atoms with E-state index in [2.05, 4.69) is 57.2 Å². The monoisotopic (exact) mass is 455 g/mol. The SMILES string of the molecule is CC[C@@H](C)C(C)(C)[C@@H](C)[C@@H](C)CNC(=O)c1cccc2nc(C(=O)N3CCNCC3C)cn12. The van der Waals surface area contributed by atoms with Gasteiger partial charge in [-0.3, -0.25) is 14.0 Å². The van der Waals surface area contributed by atoms with Crippen LogP contribution in [0, 0.1) is 23.2 Å². The number of imidazole rings is 1. The predicted octanol–water partition coefficient (Wildman–Crippen LogP) is 3.84. The van der Waals surface area contributed by atoms with Crippen LogP contribution in [0.25, 0.3) is 5.65 Å². The molecule has 2 aromatic heterocycles. The highest BCUT2D eigenvalue weighted by atomic mass is 16.2. The molecule has 1 saturated heterocycles. The van der Waals surface area contributed by atoms with E-state index in [1.165, 1.54) is 0 Å². The van der Waals surface area contributed by atoms with Crippen molar-refractivity contribution in [1.29, 1.82) is 0 Å². The van der Waals surface area contributed by atoms with Crippen molar-refractivity contribution in [2.24, 2.45) is 23.2 Å². The number of aromatic nitrogens is 2. The van der Waals surface area contributed by atoms with Gasteiger partial charge in [-0.1, -0.05) is 54.0 Å². The van der Waals surface area contributed by atoms with E-state index in [-0.39, 0.29) is 23.3 Å². The maximum absolute atomic E-state index is 13.1. The summed E-state index contributed by atoms with van der Waals surface area (Å²) in [5.41, 5.74) is 1.67. The van der Waals surface area contributed by atoms with Crippen LogP contribution in [0.3, 0.4) is 0 Å². The highest BCUT2D eigenvalue weighted by molar-refractivity contribution is 5.95. The number of fused-ring (bicyclic) bond motifs is 1. The van der Waals surface area contributed by atoms with E-state index < -0.39 is 0 Å². The molecule has 1 aliphatic heterocycles. The number of nitrogens with zero attached hydrogens (tertiary/aromatic N) is 3. The first-order valence-electron chi connectivity index (χ1n) is 12.4. The van der Waals surface area contributed by atoms with Crippen molar-refractivity contribution >= 4 is 17.5 Å². The van der Waals surface area contributed by atoms with E-state index in [0.717, 1.165) is 19.5 Å². The summed E-state index contributed by atoms with van der Waals surface area (Å²) in [5.74, 6) is 1.18. The molecule has 1 aliphatic rings. The van der Waals surface area contributed by atoms with Crippen LogP contribution >= 0.6 is 0 Å². The van der Waals surface area contributed by atoms with Crippen LogP contribution in [0.2, 0.25) is 0 Å². The molecule has 0 radical (unpaired) electrons. The molecule has 3 heterocycles. The van der Waals surface area contributed by atoms with Crippen molar-refractivity contribution < 1.29 is 9.59 Å². The Hall–Kier alpha value is -2.41. The topological polar surface area (TPSA) is 78.7 Å². The lowest BCUT2D eigenvalue weighted by atomic mass is 9.66. The maximum atomic E-state index is 13.1. The molecular weight excluding hydrogens is 414 g/mol. The highest BCUT2D eigenvalue weighted by Gasteiger charge is 2.34. The van der Waals surface area contributed by atoms with Gasteiger partial charge in [-0.05, 0) is 42.2 Å². The molecule has 7 heteroatoms. The summed E-state index contributed by atoms with van der Waals surface area (Å²) < 4.78 is 1.73. The summed E-state index contributed by atoms with van der Waals surface area (Å²) in [7, 11) is 0. The number of piperazine rings is 1. The van der Waals surface area contributed by atoms with Crippen molar-refractivity contribution in [2.75, 3.05) is 26.2 Å². The molecule has 33 heavy (non-hydrogen) atoms. The van der Waals surface area contributed by atoms with Crippen molar-refractivity contribution in [1.82, 2.24) is 24.9 Å². The van der Waals surface area contributed by atoms with E-state index in [4.69, 9.17) is 0 Å². The molecule has 0 aliphatic carbocycles. The fourth-order valence-corrected chi connectivity index (χ4v) is 4.82. The fourth-order valence-electron chi connectivity index (χ4n) is 4.82. The first-order chi connectivity index (χ1) is 15.6. The number of hydrogen-bond donors (Lipinski definition) is 2. The van der Waals surface area contributed by atoms with Crippen molar-refractivity contribution in [3.8, 4) is 0 Å². The second kappa shape index (κ2) is 10.2. The summed E-state index contributed by atoms with van der Waals surface area (Å²) >= 11 is 0. The molecule has 2 aromatic rings. The molecule has 0 spiro atoms. The summed E-state index contributed by atoms with van der Waals surface area (Å²) in [5, 5.41) is 6.42. The largest absolute Gasteiger partial charge is 0.350 e. The zero-order valence-electron chi connectivity index (χ0n) is 21.3. The van der Waals surface area contributed by atoms with Crippen LogP contribution in [0.4, 0.5) is 0 Å². The number of carbonyl (C=O) groups is 2. The number of pyridine rings is 1. The van der Waals surface area contributed by atoms with Crippen LogP contribution in [-0.2, 0) is 0 Å². The van der Waals surface area contributed by atoms with E-state index in [0.29, 0.717) is 47.9 Å². The first-order valence-corrected chi connectivity index (χ1v) is 12.4. The molecule has 1 unspecified atom stereocenters. The molecule has 0 bridgehead atoms. The fraction of sp³-hybridized carbons (Fsp3) is 0.654. The third kappa shape index (κ3) is 5.24. The molecule has 0 aromatic carbocycles. The molecule has 7 nitrogen and oxygen atoms in total. The minimum absolute atomic E-state index is 0.0891. The Bertz CT molecular complexity index is 982. The molecule has 4 atom stereocenters. The van der Waals surface area contributed by atoms with Gasteiger partial charge in [0.25, 0.3) is 11.8 Å². The number of rotatable bonds is 8. The molecular formula is C26H41N5O2. The van der Waals surface area contributed by atoms with Crippen molar-refractivity contribution in [3.05, 3.63) is 35.8 Å². The second-order valence-corrected chi connectivity index (χ2v) is 10.4. The molecule has 0 saturated carbocycles. The Balaban J connectivity index is 1.73. The van der Waals surface area contributed by atoms with Gasteiger partial charge in [0.05, 0.1) is 0 Å². The molecule has 1 fully saturated rings. The summed E-state index contributed by atoms with van der Waals surface area (Å²) in [6.07, 6.45) is 2.84. The van der Waals surface area contributed by atoms with Gasteiger partial charge in [0.2, 0.25) is 0 Å². The van der Waals surface area contributed by atoms with Gasteiger partial charge in [0, 0.05) is 38.4 Å². The Kier molecular flexibility index (Phi) is 7.83. The van der Waals surface area contributed by atoms with Gasteiger partial charge < -0.3 is 15.5 Å². The number of nitrogens with one attached hydrogen (secondary N) is 2. The van der Waals surface area contributed by atoms with Crippen molar-refractivity contribution in [2.45, 2.75) is 60.9 Å². The van der Waals surface area contributed by atoms with E-state index in [1.807, 2.05) is 24.0 Å². The molecule has 2 N–H and O–H groups in total. The van der Waals surface area contributed by atoms with E-state index >= 15 is 0 Å².